The van der Waals surface area contributed by atoms with Gasteiger partial charge in [-0.25, -0.2) is 13.2 Å². The first-order chi connectivity index (χ1) is 7.85. The van der Waals surface area contributed by atoms with Gasteiger partial charge in [0, 0.05) is 11.7 Å². The molecule has 0 saturated carbocycles. The molecule has 1 aromatic rings. The Morgan fingerprint density at radius 2 is 1.71 bits per heavy atom. The van der Waals surface area contributed by atoms with Crippen LogP contribution in [0.4, 0.5) is 13.2 Å². The molecular formula is C12H17F3OSi. The van der Waals surface area contributed by atoms with E-state index < -0.39 is 17.5 Å². The highest BCUT2D eigenvalue weighted by molar-refractivity contribution is 5.98. The molecule has 0 spiro atoms. The molecule has 0 aliphatic carbocycles. The molecule has 0 radical (unpaired) electrons. The number of hydrogen-bond acceptors (Lipinski definition) is 1. The third-order valence-electron chi connectivity index (χ3n) is 2.87. The lowest BCUT2D eigenvalue weighted by atomic mass is 9.99. The van der Waals surface area contributed by atoms with Crippen molar-refractivity contribution in [3.63, 3.8) is 0 Å². The third-order valence-corrected chi connectivity index (χ3v) is 3.97. The predicted molar refractivity (Wildman–Crippen MR) is 64.4 cm³/mol. The Morgan fingerprint density at radius 1 is 1.12 bits per heavy atom. The molecule has 1 aromatic carbocycles. The Balaban J connectivity index is 2.61. The van der Waals surface area contributed by atoms with Gasteiger partial charge in [-0.05, 0) is 44.7 Å². The van der Waals surface area contributed by atoms with Crippen LogP contribution >= 0.6 is 0 Å². The van der Waals surface area contributed by atoms with Crippen LogP contribution in [0.15, 0.2) is 12.1 Å². The van der Waals surface area contributed by atoms with Gasteiger partial charge in [0.05, 0.1) is 0 Å². The second-order valence-corrected chi connectivity index (χ2v) is 5.08. The highest BCUT2D eigenvalue weighted by Gasteiger charge is 2.16. The SMILES string of the molecule is CC(C)(CCCc1cc(F)c(F)cc1F)O[SiH3]. The fraction of sp³-hybridized carbons (Fsp3) is 0.500. The summed E-state index contributed by atoms with van der Waals surface area (Å²) < 4.78 is 44.3. The predicted octanol–water partition coefficient (Wildman–Crippen LogP) is 2.50. The van der Waals surface area contributed by atoms with E-state index in [2.05, 4.69) is 0 Å². The van der Waals surface area contributed by atoms with Crippen molar-refractivity contribution in [2.45, 2.75) is 38.7 Å². The quantitative estimate of drug-likeness (QED) is 0.585. The van der Waals surface area contributed by atoms with Crippen LogP contribution in [0.3, 0.4) is 0 Å². The monoisotopic (exact) mass is 262 g/mol. The molecule has 0 N–H and O–H groups in total. The van der Waals surface area contributed by atoms with Crippen molar-refractivity contribution < 1.29 is 17.6 Å². The number of halogens is 3. The summed E-state index contributed by atoms with van der Waals surface area (Å²) in [5.74, 6) is -2.83. The Morgan fingerprint density at radius 3 is 2.29 bits per heavy atom. The molecule has 1 nitrogen and oxygen atoms in total. The van der Waals surface area contributed by atoms with Gasteiger partial charge in [0.25, 0.3) is 0 Å². The fourth-order valence-corrected chi connectivity index (χ4v) is 1.77. The van der Waals surface area contributed by atoms with Crippen molar-refractivity contribution in [2.24, 2.45) is 0 Å². The average molecular weight is 262 g/mol. The van der Waals surface area contributed by atoms with E-state index in [1.165, 1.54) is 0 Å². The summed E-state index contributed by atoms with van der Waals surface area (Å²) in [5, 5.41) is 0. The van der Waals surface area contributed by atoms with Gasteiger partial charge in [-0.2, -0.15) is 0 Å². The van der Waals surface area contributed by atoms with E-state index in [0.717, 1.165) is 12.5 Å². The van der Waals surface area contributed by atoms with E-state index >= 15 is 0 Å². The van der Waals surface area contributed by atoms with Crippen molar-refractivity contribution >= 4 is 10.5 Å². The topological polar surface area (TPSA) is 9.23 Å². The van der Waals surface area contributed by atoms with Crippen molar-refractivity contribution in [1.82, 2.24) is 0 Å². The largest absolute Gasteiger partial charge is 0.423 e. The number of rotatable bonds is 5. The van der Waals surface area contributed by atoms with E-state index in [0.29, 0.717) is 29.4 Å². The van der Waals surface area contributed by atoms with Crippen molar-refractivity contribution in [3.05, 3.63) is 35.1 Å². The van der Waals surface area contributed by atoms with E-state index in [1.54, 1.807) is 0 Å². The Kier molecular flexibility index (Phi) is 4.77. The second kappa shape index (κ2) is 5.69. The zero-order valence-corrected chi connectivity index (χ0v) is 12.3. The molecule has 96 valence electrons. The number of aryl methyl sites for hydroxylation is 1. The lowest BCUT2D eigenvalue weighted by Gasteiger charge is -2.23. The van der Waals surface area contributed by atoms with Gasteiger partial charge in [-0.15, -0.1) is 0 Å². The summed E-state index contributed by atoms with van der Waals surface area (Å²) in [6.07, 6.45) is 1.82. The number of hydrogen-bond donors (Lipinski definition) is 0. The van der Waals surface area contributed by atoms with E-state index in [9.17, 15) is 13.2 Å². The van der Waals surface area contributed by atoms with Crippen LogP contribution in [-0.2, 0) is 10.8 Å². The third kappa shape index (κ3) is 4.16. The van der Waals surface area contributed by atoms with Crippen molar-refractivity contribution in [3.8, 4) is 0 Å². The standard InChI is InChI=1S/C12H17F3OSi/c1-12(2,16-17)5-3-4-8-6-10(14)11(15)7-9(8)13/h6-7H,3-5H2,1-2,17H3. The summed E-state index contributed by atoms with van der Waals surface area (Å²) in [7, 11) is 0.646. The van der Waals surface area contributed by atoms with Gasteiger partial charge in [-0.1, -0.05) is 0 Å². The van der Waals surface area contributed by atoms with Crippen LogP contribution in [0.5, 0.6) is 0 Å². The summed E-state index contributed by atoms with van der Waals surface area (Å²) >= 11 is 0. The smallest absolute Gasteiger partial charge is 0.161 e. The Bertz CT molecular complexity index is 394. The lowest BCUT2D eigenvalue weighted by Crippen LogP contribution is -2.23. The molecule has 0 amide bonds. The first-order valence-electron chi connectivity index (χ1n) is 5.54. The van der Waals surface area contributed by atoms with Gasteiger partial charge >= 0.3 is 0 Å². The summed E-state index contributed by atoms with van der Waals surface area (Å²) in [6.45, 7) is 3.92. The minimum absolute atomic E-state index is 0.216. The molecule has 5 heteroatoms. The summed E-state index contributed by atoms with van der Waals surface area (Å²) in [4.78, 5) is 0. The Hall–Kier alpha value is -0.813. The van der Waals surface area contributed by atoms with Gasteiger partial charge in [0.2, 0.25) is 0 Å². The van der Waals surface area contributed by atoms with Gasteiger partial charge in [-0.3, -0.25) is 0 Å². The first-order valence-corrected chi connectivity index (χ1v) is 6.36. The van der Waals surface area contributed by atoms with Gasteiger partial charge in [0.15, 0.2) is 11.6 Å². The second-order valence-electron chi connectivity index (χ2n) is 4.68. The van der Waals surface area contributed by atoms with Crippen molar-refractivity contribution in [1.29, 1.82) is 0 Å². The molecule has 0 saturated heterocycles. The molecule has 1 rings (SSSR count). The zero-order chi connectivity index (χ0) is 13.1. The van der Waals surface area contributed by atoms with Gasteiger partial charge < -0.3 is 4.43 Å². The zero-order valence-electron chi connectivity index (χ0n) is 10.3. The molecule has 0 aliphatic heterocycles. The van der Waals surface area contributed by atoms with E-state index in [4.69, 9.17) is 4.43 Å². The van der Waals surface area contributed by atoms with Crippen LogP contribution in [0.1, 0.15) is 32.3 Å². The minimum atomic E-state index is -1.14. The molecule has 0 fully saturated rings. The maximum Gasteiger partial charge on any atom is 0.161 e. The maximum absolute atomic E-state index is 13.3. The summed E-state index contributed by atoms with van der Waals surface area (Å²) in [6, 6.07) is 1.53. The molecule has 0 bridgehead atoms. The van der Waals surface area contributed by atoms with E-state index in [-0.39, 0.29) is 11.2 Å². The summed E-state index contributed by atoms with van der Waals surface area (Å²) in [5.41, 5.74) is -0.00517. The van der Waals surface area contributed by atoms with Crippen LogP contribution < -0.4 is 0 Å². The molecule has 0 aromatic heterocycles. The van der Waals surface area contributed by atoms with Crippen molar-refractivity contribution in [2.75, 3.05) is 0 Å². The molecule has 0 heterocycles. The number of benzene rings is 1. The van der Waals surface area contributed by atoms with Crippen LogP contribution in [0.25, 0.3) is 0 Å². The average Bonchev–Trinajstić information content (AvgIpc) is 2.25. The van der Waals surface area contributed by atoms with Crippen LogP contribution in [0, 0.1) is 17.5 Å². The Labute approximate surface area is 103 Å². The maximum atomic E-state index is 13.3. The normalized spacial score (nSPS) is 12.1. The van der Waals surface area contributed by atoms with Gasteiger partial charge in [0.1, 0.15) is 16.3 Å². The lowest BCUT2D eigenvalue weighted by molar-refractivity contribution is 0.110. The van der Waals surface area contributed by atoms with Crippen LogP contribution in [-0.4, -0.2) is 16.1 Å². The van der Waals surface area contributed by atoms with Crippen LogP contribution in [0.2, 0.25) is 0 Å². The highest BCUT2D eigenvalue weighted by Crippen LogP contribution is 2.20. The molecule has 0 unspecified atom stereocenters. The minimum Gasteiger partial charge on any atom is -0.423 e. The molecule has 0 atom stereocenters. The molecule has 17 heavy (non-hydrogen) atoms. The highest BCUT2D eigenvalue weighted by atomic mass is 28.2. The van der Waals surface area contributed by atoms with E-state index in [1.807, 2.05) is 13.8 Å². The fourth-order valence-electron chi connectivity index (χ4n) is 1.56. The molecular weight excluding hydrogens is 245 g/mol. The molecule has 0 aliphatic rings. The first kappa shape index (κ1) is 14.2.